The summed E-state index contributed by atoms with van der Waals surface area (Å²) in [4.78, 5) is 22.9. The summed E-state index contributed by atoms with van der Waals surface area (Å²) < 4.78 is 0. The molecule has 1 aromatic carbocycles. The Kier molecular flexibility index (Phi) is 3.29. The standard InChI is InChI=1S/C18H20N4O/c1-13-19-11-8-15(20-13)21-17(23)22-12-18(9-5-10-18)16(22)14-6-3-2-4-7-14/h2-4,6-8,11,16H,5,9-10,12H2,1H3,(H,19,20,21,23). The molecule has 1 N–H and O–H groups in total. The zero-order valence-electron chi connectivity index (χ0n) is 13.2. The van der Waals surface area contributed by atoms with E-state index in [0.717, 1.165) is 6.54 Å². The van der Waals surface area contributed by atoms with Gasteiger partial charge in [0.2, 0.25) is 0 Å². The van der Waals surface area contributed by atoms with Gasteiger partial charge in [-0.05, 0) is 31.4 Å². The van der Waals surface area contributed by atoms with Crippen molar-refractivity contribution in [2.24, 2.45) is 5.41 Å². The minimum Gasteiger partial charge on any atom is -0.316 e. The second kappa shape index (κ2) is 5.33. The molecule has 1 aromatic heterocycles. The monoisotopic (exact) mass is 308 g/mol. The van der Waals surface area contributed by atoms with Crippen molar-refractivity contribution in [3.8, 4) is 0 Å². The SMILES string of the molecule is Cc1nccc(NC(=O)N2CC3(CCC3)C2c2ccccc2)n1. The first-order valence-electron chi connectivity index (χ1n) is 8.10. The molecule has 0 bridgehead atoms. The number of urea groups is 1. The Balaban J connectivity index is 1.55. The molecule has 2 aromatic rings. The van der Waals surface area contributed by atoms with E-state index in [-0.39, 0.29) is 12.1 Å². The average Bonchev–Trinajstić information content (AvgIpc) is 2.46. The Morgan fingerprint density at radius 1 is 1.26 bits per heavy atom. The fourth-order valence-corrected chi connectivity index (χ4v) is 3.86. The molecule has 2 fully saturated rings. The number of aromatic nitrogens is 2. The van der Waals surface area contributed by atoms with Gasteiger partial charge in [-0.2, -0.15) is 0 Å². The summed E-state index contributed by atoms with van der Waals surface area (Å²) in [5, 5.41) is 2.91. The second-order valence-corrected chi connectivity index (χ2v) is 6.58. The van der Waals surface area contributed by atoms with Crippen LogP contribution in [0.3, 0.4) is 0 Å². The van der Waals surface area contributed by atoms with E-state index in [2.05, 4.69) is 27.4 Å². The Bertz CT molecular complexity index is 727. The average molecular weight is 308 g/mol. The van der Waals surface area contributed by atoms with Gasteiger partial charge in [-0.1, -0.05) is 36.8 Å². The summed E-state index contributed by atoms with van der Waals surface area (Å²) in [6.45, 7) is 2.65. The van der Waals surface area contributed by atoms with Crippen molar-refractivity contribution in [1.82, 2.24) is 14.9 Å². The van der Waals surface area contributed by atoms with Crippen molar-refractivity contribution in [2.45, 2.75) is 32.2 Å². The molecule has 5 nitrogen and oxygen atoms in total. The quantitative estimate of drug-likeness (QED) is 0.923. The highest BCUT2D eigenvalue weighted by Gasteiger charge is 2.57. The summed E-state index contributed by atoms with van der Waals surface area (Å²) in [6, 6.07) is 12.2. The maximum absolute atomic E-state index is 12.7. The molecule has 4 rings (SSSR count). The van der Waals surface area contributed by atoms with Gasteiger partial charge in [0.15, 0.2) is 0 Å². The van der Waals surface area contributed by atoms with E-state index >= 15 is 0 Å². The highest BCUT2D eigenvalue weighted by atomic mass is 16.2. The van der Waals surface area contributed by atoms with Crippen LogP contribution in [0.4, 0.5) is 10.6 Å². The second-order valence-electron chi connectivity index (χ2n) is 6.58. The Morgan fingerprint density at radius 3 is 2.70 bits per heavy atom. The third-order valence-electron chi connectivity index (χ3n) is 5.11. The highest BCUT2D eigenvalue weighted by Crippen LogP contribution is 2.60. The van der Waals surface area contributed by atoms with Gasteiger partial charge in [-0.25, -0.2) is 14.8 Å². The minimum absolute atomic E-state index is 0.0746. The van der Waals surface area contributed by atoms with Crippen LogP contribution in [-0.4, -0.2) is 27.4 Å². The van der Waals surface area contributed by atoms with E-state index in [0.29, 0.717) is 17.1 Å². The number of rotatable bonds is 2. The number of anilines is 1. The van der Waals surface area contributed by atoms with Crippen molar-refractivity contribution in [2.75, 3.05) is 11.9 Å². The fourth-order valence-electron chi connectivity index (χ4n) is 3.86. The first-order valence-corrected chi connectivity index (χ1v) is 8.10. The van der Waals surface area contributed by atoms with Crippen LogP contribution in [0.25, 0.3) is 0 Å². The molecule has 1 atom stereocenters. The third-order valence-corrected chi connectivity index (χ3v) is 5.11. The first kappa shape index (κ1) is 14.2. The normalized spacial score (nSPS) is 21.4. The van der Waals surface area contributed by atoms with Crippen molar-refractivity contribution in [3.05, 3.63) is 54.0 Å². The number of amides is 2. The summed E-state index contributed by atoms with van der Waals surface area (Å²) >= 11 is 0. The maximum atomic E-state index is 12.7. The molecule has 1 spiro atoms. The number of carbonyl (C=O) groups is 1. The van der Waals surface area contributed by atoms with E-state index in [4.69, 9.17) is 0 Å². The number of hydrogen-bond donors (Lipinski definition) is 1. The zero-order valence-corrected chi connectivity index (χ0v) is 13.2. The van der Waals surface area contributed by atoms with Gasteiger partial charge in [-0.15, -0.1) is 0 Å². The van der Waals surface area contributed by atoms with Crippen LogP contribution in [0, 0.1) is 12.3 Å². The summed E-state index contributed by atoms with van der Waals surface area (Å²) in [7, 11) is 0. The molecule has 1 aliphatic heterocycles. The Labute approximate surface area is 135 Å². The number of likely N-dealkylation sites (tertiary alicyclic amines) is 1. The molecule has 1 saturated carbocycles. The number of benzene rings is 1. The molecule has 1 unspecified atom stereocenters. The zero-order chi connectivity index (χ0) is 15.9. The number of nitrogens with zero attached hydrogens (tertiary/aromatic N) is 3. The number of nitrogens with one attached hydrogen (secondary N) is 1. The van der Waals surface area contributed by atoms with Crippen LogP contribution >= 0.6 is 0 Å². The molecule has 0 radical (unpaired) electrons. The molecule has 118 valence electrons. The number of hydrogen-bond acceptors (Lipinski definition) is 3. The van der Waals surface area contributed by atoms with E-state index in [9.17, 15) is 4.79 Å². The van der Waals surface area contributed by atoms with Gasteiger partial charge in [-0.3, -0.25) is 5.32 Å². The van der Waals surface area contributed by atoms with Gasteiger partial charge in [0.1, 0.15) is 11.6 Å². The third kappa shape index (κ3) is 2.36. The summed E-state index contributed by atoms with van der Waals surface area (Å²) in [6.07, 6.45) is 5.35. The molecular formula is C18H20N4O. The smallest absolute Gasteiger partial charge is 0.316 e. The van der Waals surface area contributed by atoms with Gasteiger partial charge in [0.25, 0.3) is 0 Å². The molecule has 23 heavy (non-hydrogen) atoms. The van der Waals surface area contributed by atoms with Crippen LogP contribution in [0.15, 0.2) is 42.6 Å². The Hall–Kier alpha value is -2.43. The molecular weight excluding hydrogens is 288 g/mol. The largest absolute Gasteiger partial charge is 0.323 e. The summed E-state index contributed by atoms with van der Waals surface area (Å²) in [5.41, 5.74) is 1.52. The number of aryl methyl sites for hydroxylation is 1. The van der Waals surface area contributed by atoms with Gasteiger partial charge >= 0.3 is 6.03 Å². The summed E-state index contributed by atoms with van der Waals surface area (Å²) in [5.74, 6) is 1.21. The maximum Gasteiger partial charge on any atom is 0.323 e. The van der Waals surface area contributed by atoms with Crippen molar-refractivity contribution in [1.29, 1.82) is 0 Å². The molecule has 5 heteroatoms. The van der Waals surface area contributed by atoms with E-state index in [1.807, 2.05) is 30.0 Å². The molecule has 1 aliphatic carbocycles. The molecule has 2 heterocycles. The molecule has 2 aliphatic rings. The van der Waals surface area contributed by atoms with Crippen molar-refractivity contribution >= 4 is 11.8 Å². The van der Waals surface area contributed by atoms with E-state index < -0.39 is 0 Å². The lowest BCUT2D eigenvalue weighted by molar-refractivity contribution is -0.0970. The van der Waals surface area contributed by atoms with Crippen LogP contribution in [0.2, 0.25) is 0 Å². The van der Waals surface area contributed by atoms with Crippen LogP contribution < -0.4 is 5.32 Å². The predicted octanol–water partition coefficient (Wildman–Crippen LogP) is 3.54. The lowest BCUT2D eigenvalue weighted by atomic mass is 9.56. The van der Waals surface area contributed by atoms with Crippen LogP contribution in [-0.2, 0) is 0 Å². The molecule has 2 amide bonds. The molecule has 1 saturated heterocycles. The van der Waals surface area contributed by atoms with Crippen molar-refractivity contribution < 1.29 is 4.79 Å². The van der Waals surface area contributed by atoms with Gasteiger partial charge in [0.05, 0.1) is 6.04 Å². The van der Waals surface area contributed by atoms with E-state index in [1.54, 1.807) is 12.3 Å². The lowest BCUT2D eigenvalue weighted by Crippen LogP contribution is -2.64. The lowest BCUT2D eigenvalue weighted by Gasteiger charge is -2.62. The highest BCUT2D eigenvalue weighted by molar-refractivity contribution is 5.89. The minimum atomic E-state index is -0.0746. The van der Waals surface area contributed by atoms with E-state index in [1.165, 1.54) is 24.8 Å². The first-order chi connectivity index (χ1) is 11.2. The van der Waals surface area contributed by atoms with Crippen LogP contribution in [0.5, 0.6) is 0 Å². The topological polar surface area (TPSA) is 58.1 Å². The predicted molar refractivity (Wildman–Crippen MR) is 88.0 cm³/mol. The van der Waals surface area contributed by atoms with Crippen molar-refractivity contribution in [3.63, 3.8) is 0 Å². The van der Waals surface area contributed by atoms with Crippen LogP contribution in [0.1, 0.15) is 36.7 Å². The Morgan fingerprint density at radius 2 is 2.04 bits per heavy atom. The van der Waals surface area contributed by atoms with Gasteiger partial charge in [0, 0.05) is 18.2 Å². The number of carbonyl (C=O) groups excluding carboxylic acids is 1. The fraction of sp³-hybridized carbons (Fsp3) is 0.389. The van der Waals surface area contributed by atoms with Gasteiger partial charge < -0.3 is 4.90 Å².